The van der Waals surface area contributed by atoms with Gasteiger partial charge in [0.25, 0.3) is 5.91 Å². The first-order chi connectivity index (χ1) is 12.3. The standard InChI is InChI=1S/C17H14Cl2FN3O3/c18-10-1-6-13(14(19)7-10)17(26)22-8-15(24)21-9-16(25)23-12-4-2-11(20)3-5-12/h1-7H,8-9H2,(H,21,24)(H,22,26)(H,23,25). The van der Waals surface area contributed by atoms with Gasteiger partial charge in [0.05, 0.1) is 23.7 Å². The largest absolute Gasteiger partial charge is 0.345 e. The number of carbonyl (C=O) groups is 3. The number of benzene rings is 2. The summed E-state index contributed by atoms with van der Waals surface area (Å²) in [6.07, 6.45) is 0. The summed E-state index contributed by atoms with van der Waals surface area (Å²) in [6.45, 7) is -0.630. The van der Waals surface area contributed by atoms with Gasteiger partial charge < -0.3 is 16.0 Å². The molecular weight excluding hydrogens is 384 g/mol. The smallest absolute Gasteiger partial charge is 0.253 e. The Balaban J connectivity index is 1.75. The van der Waals surface area contributed by atoms with Gasteiger partial charge in [-0.15, -0.1) is 0 Å². The summed E-state index contributed by atoms with van der Waals surface area (Å²) in [6, 6.07) is 9.54. The van der Waals surface area contributed by atoms with Crippen LogP contribution in [0.15, 0.2) is 42.5 Å². The molecule has 2 rings (SSSR count). The second kappa shape index (κ2) is 9.17. The van der Waals surface area contributed by atoms with Crippen molar-refractivity contribution >= 4 is 46.6 Å². The molecule has 0 aliphatic rings. The van der Waals surface area contributed by atoms with Gasteiger partial charge in [0, 0.05) is 10.7 Å². The maximum Gasteiger partial charge on any atom is 0.253 e. The molecule has 2 aromatic carbocycles. The molecule has 6 nitrogen and oxygen atoms in total. The Morgan fingerprint density at radius 3 is 2.19 bits per heavy atom. The van der Waals surface area contributed by atoms with Crippen LogP contribution < -0.4 is 16.0 Å². The number of nitrogens with one attached hydrogen (secondary N) is 3. The van der Waals surface area contributed by atoms with Crippen LogP contribution in [0.2, 0.25) is 10.0 Å². The molecule has 0 aromatic heterocycles. The second-order valence-corrected chi connectivity index (χ2v) is 5.98. The highest BCUT2D eigenvalue weighted by atomic mass is 35.5. The highest BCUT2D eigenvalue weighted by Crippen LogP contribution is 2.20. The Labute approximate surface area is 158 Å². The average Bonchev–Trinajstić information content (AvgIpc) is 2.60. The first-order valence-corrected chi connectivity index (χ1v) is 8.16. The highest BCUT2D eigenvalue weighted by Gasteiger charge is 2.12. The summed E-state index contributed by atoms with van der Waals surface area (Å²) in [7, 11) is 0. The zero-order valence-electron chi connectivity index (χ0n) is 13.3. The van der Waals surface area contributed by atoms with Crippen LogP contribution >= 0.6 is 23.2 Å². The minimum atomic E-state index is -0.558. The maximum atomic E-state index is 12.8. The number of hydrogen-bond donors (Lipinski definition) is 3. The molecular formula is C17H14Cl2FN3O3. The molecule has 2 aromatic rings. The van der Waals surface area contributed by atoms with Gasteiger partial charge in [-0.25, -0.2) is 4.39 Å². The Morgan fingerprint density at radius 2 is 1.54 bits per heavy atom. The van der Waals surface area contributed by atoms with E-state index in [1.807, 2.05) is 0 Å². The predicted molar refractivity (Wildman–Crippen MR) is 96.8 cm³/mol. The zero-order valence-corrected chi connectivity index (χ0v) is 14.8. The molecule has 0 spiro atoms. The maximum absolute atomic E-state index is 12.8. The SMILES string of the molecule is O=C(CNC(=O)c1ccc(Cl)cc1Cl)NCC(=O)Nc1ccc(F)cc1. The molecule has 3 N–H and O–H groups in total. The minimum Gasteiger partial charge on any atom is -0.345 e. The van der Waals surface area contributed by atoms with E-state index in [1.54, 1.807) is 0 Å². The first kappa shape index (κ1) is 19.7. The zero-order chi connectivity index (χ0) is 19.1. The molecule has 0 fully saturated rings. The molecule has 9 heteroatoms. The van der Waals surface area contributed by atoms with Crippen LogP contribution in [0.25, 0.3) is 0 Å². The Kier molecular flexibility index (Phi) is 6.94. The van der Waals surface area contributed by atoms with Gasteiger partial charge in [0.15, 0.2) is 0 Å². The first-order valence-electron chi connectivity index (χ1n) is 7.40. The third-order valence-electron chi connectivity index (χ3n) is 3.16. The van der Waals surface area contributed by atoms with Crippen molar-refractivity contribution in [2.45, 2.75) is 0 Å². The lowest BCUT2D eigenvalue weighted by Gasteiger charge is -2.09. The van der Waals surface area contributed by atoms with Gasteiger partial charge in [-0.3, -0.25) is 14.4 Å². The van der Waals surface area contributed by atoms with Crippen molar-refractivity contribution in [1.29, 1.82) is 0 Å². The molecule has 0 aliphatic heterocycles. The van der Waals surface area contributed by atoms with Gasteiger partial charge in [-0.05, 0) is 42.5 Å². The van der Waals surface area contributed by atoms with Crippen molar-refractivity contribution in [2.24, 2.45) is 0 Å². The summed E-state index contributed by atoms with van der Waals surface area (Å²) < 4.78 is 12.8. The summed E-state index contributed by atoms with van der Waals surface area (Å²) in [4.78, 5) is 35.4. The third-order valence-corrected chi connectivity index (χ3v) is 3.71. The fourth-order valence-electron chi connectivity index (χ4n) is 1.91. The van der Waals surface area contributed by atoms with E-state index in [0.29, 0.717) is 10.7 Å². The number of rotatable bonds is 6. The van der Waals surface area contributed by atoms with Crippen molar-refractivity contribution in [2.75, 3.05) is 18.4 Å². The quantitative estimate of drug-likeness (QED) is 0.699. The normalized spacial score (nSPS) is 10.1. The molecule has 0 saturated heterocycles. The van der Waals surface area contributed by atoms with E-state index in [0.717, 1.165) is 0 Å². The highest BCUT2D eigenvalue weighted by molar-refractivity contribution is 6.36. The van der Waals surface area contributed by atoms with E-state index in [-0.39, 0.29) is 23.7 Å². The number of hydrogen-bond acceptors (Lipinski definition) is 3. The Bertz CT molecular complexity index is 829. The topological polar surface area (TPSA) is 87.3 Å². The van der Waals surface area contributed by atoms with Gasteiger partial charge in [-0.1, -0.05) is 23.2 Å². The van der Waals surface area contributed by atoms with E-state index in [2.05, 4.69) is 16.0 Å². The fourth-order valence-corrected chi connectivity index (χ4v) is 2.40. The van der Waals surface area contributed by atoms with E-state index < -0.39 is 23.5 Å². The summed E-state index contributed by atoms with van der Waals surface area (Å²) >= 11 is 11.7. The molecule has 0 heterocycles. The van der Waals surface area contributed by atoms with Gasteiger partial charge in [-0.2, -0.15) is 0 Å². The monoisotopic (exact) mass is 397 g/mol. The summed E-state index contributed by atoms with van der Waals surface area (Å²) in [5.74, 6) is -2.01. The summed E-state index contributed by atoms with van der Waals surface area (Å²) in [5, 5.41) is 7.77. The van der Waals surface area contributed by atoms with Crippen molar-refractivity contribution in [3.63, 3.8) is 0 Å². The molecule has 0 unspecified atom stereocenters. The molecule has 0 atom stereocenters. The molecule has 0 radical (unpaired) electrons. The number of anilines is 1. The molecule has 26 heavy (non-hydrogen) atoms. The number of amides is 3. The van der Waals surface area contributed by atoms with E-state index >= 15 is 0 Å². The molecule has 0 aliphatic carbocycles. The predicted octanol–water partition coefficient (Wildman–Crippen LogP) is 2.62. The van der Waals surface area contributed by atoms with Crippen LogP contribution in [0.5, 0.6) is 0 Å². The average molecular weight is 398 g/mol. The van der Waals surface area contributed by atoms with Crippen LogP contribution in [-0.2, 0) is 9.59 Å². The van der Waals surface area contributed by atoms with Gasteiger partial charge in [0.1, 0.15) is 5.82 Å². The van der Waals surface area contributed by atoms with Gasteiger partial charge in [0.2, 0.25) is 11.8 Å². The lowest BCUT2D eigenvalue weighted by Crippen LogP contribution is -2.40. The third kappa shape index (κ3) is 6.02. The van der Waals surface area contributed by atoms with Gasteiger partial charge >= 0.3 is 0 Å². The van der Waals surface area contributed by atoms with E-state index in [1.165, 1.54) is 42.5 Å². The summed E-state index contributed by atoms with van der Waals surface area (Å²) in [5.41, 5.74) is 0.578. The number of halogens is 3. The van der Waals surface area contributed by atoms with Crippen LogP contribution in [0.1, 0.15) is 10.4 Å². The van der Waals surface area contributed by atoms with Crippen molar-refractivity contribution in [3.8, 4) is 0 Å². The molecule has 0 bridgehead atoms. The molecule has 136 valence electrons. The molecule has 3 amide bonds. The van der Waals surface area contributed by atoms with Crippen LogP contribution in [-0.4, -0.2) is 30.8 Å². The van der Waals surface area contributed by atoms with E-state index in [9.17, 15) is 18.8 Å². The van der Waals surface area contributed by atoms with Crippen molar-refractivity contribution < 1.29 is 18.8 Å². The van der Waals surface area contributed by atoms with Crippen molar-refractivity contribution in [3.05, 3.63) is 63.9 Å². The van der Waals surface area contributed by atoms with Crippen molar-refractivity contribution in [1.82, 2.24) is 10.6 Å². The fraction of sp³-hybridized carbons (Fsp3) is 0.118. The second-order valence-electron chi connectivity index (χ2n) is 5.14. The Morgan fingerprint density at radius 1 is 0.885 bits per heavy atom. The van der Waals surface area contributed by atoms with E-state index in [4.69, 9.17) is 23.2 Å². The van der Waals surface area contributed by atoms with Crippen LogP contribution in [0.4, 0.5) is 10.1 Å². The Hall–Kier alpha value is -2.64. The molecule has 0 saturated carbocycles. The number of carbonyl (C=O) groups excluding carboxylic acids is 3. The lowest BCUT2D eigenvalue weighted by molar-refractivity contribution is -0.123. The van der Waals surface area contributed by atoms with Crippen LogP contribution in [0.3, 0.4) is 0 Å². The van der Waals surface area contributed by atoms with Crippen LogP contribution in [0, 0.1) is 5.82 Å². The minimum absolute atomic E-state index is 0.161. The lowest BCUT2D eigenvalue weighted by atomic mass is 10.2.